The lowest BCUT2D eigenvalue weighted by atomic mass is 10.1. The minimum atomic E-state index is -0.464. The maximum atomic E-state index is 11.8. The fourth-order valence-corrected chi connectivity index (χ4v) is 1.59. The molecule has 2 rings (SSSR count). The Morgan fingerprint density at radius 3 is 2.62 bits per heavy atom. The van der Waals surface area contributed by atoms with Gasteiger partial charge in [-0.25, -0.2) is 9.79 Å². The van der Waals surface area contributed by atoms with Crippen molar-refractivity contribution in [3.8, 4) is 0 Å². The molecule has 3 heteroatoms. The third kappa shape index (κ3) is 2.30. The molecule has 1 aliphatic heterocycles. The standard InChI is InChI=1S/C13H15NO2/c1-13(2,3)16-12(15)11-8-9-6-4-5-7-10(9)14-11/h4-7H,8H2,1-3H3. The molecule has 1 aliphatic rings. The Labute approximate surface area is 95.2 Å². The van der Waals surface area contributed by atoms with Crippen LogP contribution in [0.5, 0.6) is 0 Å². The summed E-state index contributed by atoms with van der Waals surface area (Å²) >= 11 is 0. The Hall–Kier alpha value is -1.64. The quantitative estimate of drug-likeness (QED) is 0.678. The molecule has 0 spiro atoms. The average molecular weight is 217 g/mol. The monoisotopic (exact) mass is 217 g/mol. The van der Waals surface area contributed by atoms with Gasteiger partial charge in [0, 0.05) is 6.42 Å². The molecular formula is C13H15NO2. The van der Waals surface area contributed by atoms with Gasteiger partial charge in [-0.2, -0.15) is 0 Å². The van der Waals surface area contributed by atoms with Crippen LogP contribution in [0.15, 0.2) is 29.3 Å². The number of carbonyl (C=O) groups is 1. The number of ether oxygens (including phenoxy) is 1. The summed E-state index contributed by atoms with van der Waals surface area (Å²) in [6.07, 6.45) is 0.574. The van der Waals surface area contributed by atoms with Crippen molar-refractivity contribution >= 4 is 17.4 Å². The van der Waals surface area contributed by atoms with Crippen LogP contribution in [-0.2, 0) is 16.0 Å². The summed E-state index contributed by atoms with van der Waals surface area (Å²) in [7, 11) is 0. The molecule has 0 amide bonds. The molecule has 16 heavy (non-hydrogen) atoms. The summed E-state index contributed by atoms with van der Waals surface area (Å²) < 4.78 is 5.28. The lowest BCUT2D eigenvalue weighted by Gasteiger charge is -2.19. The van der Waals surface area contributed by atoms with Gasteiger partial charge in [0.1, 0.15) is 11.3 Å². The second-order valence-electron chi connectivity index (χ2n) is 4.87. The maximum Gasteiger partial charge on any atom is 0.353 e. The van der Waals surface area contributed by atoms with Crippen LogP contribution in [0.1, 0.15) is 26.3 Å². The third-order valence-corrected chi connectivity index (χ3v) is 2.24. The number of aliphatic imine (C=N–C) groups is 1. The van der Waals surface area contributed by atoms with Crippen molar-refractivity contribution in [3.05, 3.63) is 29.8 Å². The zero-order valence-electron chi connectivity index (χ0n) is 9.78. The van der Waals surface area contributed by atoms with E-state index in [-0.39, 0.29) is 5.97 Å². The first kappa shape index (κ1) is 10.9. The van der Waals surface area contributed by atoms with E-state index in [2.05, 4.69) is 4.99 Å². The molecule has 0 atom stereocenters. The highest BCUT2D eigenvalue weighted by atomic mass is 16.6. The number of hydrogen-bond donors (Lipinski definition) is 0. The van der Waals surface area contributed by atoms with Crippen molar-refractivity contribution in [1.29, 1.82) is 0 Å². The fraction of sp³-hybridized carbons (Fsp3) is 0.385. The van der Waals surface area contributed by atoms with Gasteiger partial charge >= 0.3 is 5.97 Å². The molecule has 3 nitrogen and oxygen atoms in total. The minimum absolute atomic E-state index is 0.316. The number of fused-ring (bicyclic) bond motifs is 1. The maximum absolute atomic E-state index is 11.8. The number of carbonyl (C=O) groups excluding carboxylic acids is 1. The molecule has 1 heterocycles. The van der Waals surface area contributed by atoms with Crippen LogP contribution in [0.4, 0.5) is 5.69 Å². The van der Waals surface area contributed by atoms with E-state index in [1.807, 2.05) is 45.0 Å². The lowest BCUT2D eigenvalue weighted by Crippen LogP contribution is -2.28. The second kappa shape index (κ2) is 3.74. The van der Waals surface area contributed by atoms with E-state index in [9.17, 15) is 4.79 Å². The van der Waals surface area contributed by atoms with Crippen molar-refractivity contribution in [3.63, 3.8) is 0 Å². The van der Waals surface area contributed by atoms with Crippen LogP contribution in [0.2, 0.25) is 0 Å². The number of hydrogen-bond acceptors (Lipinski definition) is 3. The van der Waals surface area contributed by atoms with E-state index in [0.717, 1.165) is 11.3 Å². The highest BCUT2D eigenvalue weighted by Gasteiger charge is 2.25. The van der Waals surface area contributed by atoms with Crippen molar-refractivity contribution in [2.45, 2.75) is 32.8 Å². The van der Waals surface area contributed by atoms with Gasteiger partial charge < -0.3 is 4.74 Å². The number of para-hydroxylation sites is 1. The van der Waals surface area contributed by atoms with Crippen LogP contribution in [-0.4, -0.2) is 17.3 Å². The molecule has 84 valence electrons. The molecule has 0 saturated carbocycles. The minimum Gasteiger partial charge on any atom is -0.455 e. The smallest absolute Gasteiger partial charge is 0.353 e. The summed E-state index contributed by atoms with van der Waals surface area (Å²) in [6, 6.07) is 7.76. The Kier molecular flexibility index (Phi) is 2.54. The van der Waals surface area contributed by atoms with Gasteiger partial charge in [0.15, 0.2) is 0 Å². The summed E-state index contributed by atoms with van der Waals surface area (Å²) in [5.74, 6) is -0.316. The summed E-state index contributed by atoms with van der Waals surface area (Å²) in [5, 5.41) is 0. The topological polar surface area (TPSA) is 38.7 Å². The second-order valence-corrected chi connectivity index (χ2v) is 4.87. The molecule has 0 bridgehead atoms. The molecule has 0 aliphatic carbocycles. The lowest BCUT2D eigenvalue weighted by molar-refractivity contribution is -0.146. The van der Waals surface area contributed by atoms with Crippen molar-refractivity contribution in [1.82, 2.24) is 0 Å². The number of rotatable bonds is 1. The van der Waals surface area contributed by atoms with E-state index < -0.39 is 5.60 Å². The predicted octanol–water partition coefficient (Wildman–Crippen LogP) is 2.66. The molecule has 0 aromatic heterocycles. The van der Waals surface area contributed by atoms with Crippen molar-refractivity contribution in [2.75, 3.05) is 0 Å². The molecule has 1 aromatic carbocycles. The normalized spacial score (nSPS) is 14.3. The van der Waals surface area contributed by atoms with Gasteiger partial charge in [0.25, 0.3) is 0 Å². The van der Waals surface area contributed by atoms with Crippen molar-refractivity contribution in [2.24, 2.45) is 4.99 Å². The largest absolute Gasteiger partial charge is 0.455 e. The van der Waals surface area contributed by atoms with Gasteiger partial charge in [-0.05, 0) is 32.4 Å². The number of benzene rings is 1. The predicted molar refractivity (Wildman–Crippen MR) is 63.1 cm³/mol. The summed E-state index contributed by atoms with van der Waals surface area (Å²) in [6.45, 7) is 5.56. The Bertz CT molecular complexity index is 455. The zero-order chi connectivity index (χ0) is 11.8. The highest BCUT2D eigenvalue weighted by Crippen LogP contribution is 2.26. The van der Waals surface area contributed by atoms with E-state index in [4.69, 9.17) is 4.74 Å². The summed E-state index contributed by atoms with van der Waals surface area (Å²) in [4.78, 5) is 16.1. The average Bonchev–Trinajstić information content (AvgIpc) is 2.58. The Balaban J connectivity index is 2.14. The van der Waals surface area contributed by atoms with Crippen LogP contribution < -0.4 is 0 Å². The molecule has 0 unspecified atom stereocenters. The van der Waals surface area contributed by atoms with Crippen LogP contribution in [0.3, 0.4) is 0 Å². The van der Waals surface area contributed by atoms with E-state index in [1.165, 1.54) is 0 Å². The SMILES string of the molecule is CC(C)(C)OC(=O)C1=Nc2ccccc2C1. The number of nitrogens with zero attached hydrogens (tertiary/aromatic N) is 1. The number of esters is 1. The zero-order valence-corrected chi connectivity index (χ0v) is 9.78. The first-order valence-electron chi connectivity index (χ1n) is 5.34. The van der Waals surface area contributed by atoms with Crippen molar-refractivity contribution < 1.29 is 9.53 Å². The van der Waals surface area contributed by atoms with Gasteiger partial charge in [-0.3, -0.25) is 0 Å². The molecule has 0 fully saturated rings. The first-order valence-corrected chi connectivity index (χ1v) is 5.34. The first-order chi connectivity index (χ1) is 7.46. The van der Waals surface area contributed by atoms with Crippen LogP contribution >= 0.6 is 0 Å². The Morgan fingerprint density at radius 2 is 2.00 bits per heavy atom. The van der Waals surface area contributed by atoms with E-state index in [1.54, 1.807) is 0 Å². The van der Waals surface area contributed by atoms with Gasteiger partial charge in [-0.1, -0.05) is 18.2 Å². The molecule has 0 saturated heterocycles. The molecular weight excluding hydrogens is 202 g/mol. The van der Waals surface area contributed by atoms with Crippen LogP contribution in [0.25, 0.3) is 0 Å². The van der Waals surface area contributed by atoms with E-state index >= 15 is 0 Å². The highest BCUT2D eigenvalue weighted by molar-refractivity contribution is 6.38. The van der Waals surface area contributed by atoms with Crippen LogP contribution in [0, 0.1) is 0 Å². The molecule has 1 aromatic rings. The van der Waals surface area contributed by atoms with Gasteiger partial charge in [0.2, 0.25) is 0 Å². The van der Waals surface area contributed by atoms with E-state index in [0.29, 0.717) is 12.1 Å². The third-order valence-electron chi connectivity index (χ3n) is 2.24. The van der Waals surface area contributed by atoms with Gasteiger partial charge in [-0.15, -0.1) is 0 Å². The fourth-order valence-electron chi connectivity index (χ4n) is 1.59. The van der Waals surface area contributed by atoms with Gasteiger partial charge in [0.05, 0.1) is 5.69 Å². The Morgan fingerprint density at radius 1 is 1.31 bits per heavy atom. The molecule has 0 N–H and O–H groups in total. The summed E-state index contributed by atoms with van der Waals surface area (Å²) in [5.41, 5.74) is 2.00. The molecule has 0 radical (unpaired) electrons.